The van der Waals surface area contributed by atoms with E-state index in [1.807, 2.05) is 30.3 Å². The second-order valence-corrected chi connectivity index (χ2v) is 5.87. The van der Waals surface area contributed by atoms with Crippen molar-refractivity contribution in [2.45, 2.75) is 13.3 Å². The maximum Gasteiger partial charge on any atom is 0.253 e. The molecule has 1 aromatic heterocycles. The molecule has 0 saturated heterocycles. The Morgan fingerprint density at radius 3 is 2.68 bits per heavy atom. The lowest BCUT2D eigenvalue weighted by molar-refractivity contribution is 0.0793. The summed E-state index contributed by atoms with van der Waals surface area (Å²) in [5, 5.41) is 3.95. The molecule has 0 N–H and O–H groups in total. The van der Waals surface area contributed by atoms with Crippen LogP contribution in [0.3, 0.4) is 0 Å². The first-order valence-corrected chi connectivity index (χ1v) is 7.93. The number of aromatic nitrogens is 2. The van der Waals surface area contributed by atoms with Crippen LogP contribution in [0.25, 0.3) is 11.4 Å². The van der Waals surface area contributed by atoms with Gasteiger partial charge in [0.15, 0.2) is 0 Å². The Labute approximate surface area is 145 Å². The number of likely N-dealkylation sites (N-methyl/N-ethyl adjacent to an activating group) is 1. The molecule has 0 saturated carbocycles. The van der Waals surface area contributed by atoms with Crippen molar-refractivity contribution in [3.63, 3.8) is 0 Å². The number of benzene rings is 2. The van der Waals surface area contributed by atoms with Crippen molar-refractivity contribution in [1.29, 1.82) is 0 Å². The van der Waals surface area contributed by atoms with Crippen molar-refractivity contribution in [3.8, 4) is 11.4 Å². The highest BCUT2D eigenvalue weighted by molar-refractivity contribution is 5.94. The first kappa shape index (κ1) is 16.8. The van der Waals surface area contributed by atoms with E-state index in [0.29, 0.717) is 35.8 Å². The van der Waals surface area contributed by atoms with Gasteiger partial charge in [-0.3, -0.25) is 4.79 Å². The molecule has 2 aromatic carbocycles. The number of carbonyl (C=O) groups is 1. The number of amides is 1. The van der Waals surface area contributed by atoms with E-state index in [2.05, 4.69) is 10.1 Å². The van der Waals surface area contributed by atoms with Crippen LogP contribution in [0.1, 0.15) is 21.8 Å². The summed E-state index contributed by atoms with van der Waals surface area (Å²) in [6.45, 7) is 2.15. The van der Waals surface area contributed by atoms with Gasteiger partial charge >= 0.3 is 0 Å². The van der Waals surface area contributed by atoms with E-state index in [0.717, 1.165) is 5.56 Å². The van der Waals surface area contributed by atoms with E-state index in [9.17, 15) is 9.18 Å². The topological polar surface area (TPSA) is 59.2 Å². The Kier molecular flexibility index (Phi) is 4.88. The summed E-state index contributed by atoms with van der Waals surface area (Å²) >= 11 is 0. The van der Waals surface area contributed by atoms with E-state index < -0.39 is 5.82 Å². The molecule has 0 aliphatic heterocycles. The third-order valence-electron chi connectivity index (χ3n) is 3.80. The highest BCUT2D eigenvalue weighted by atomic mass is 19.1. The van der Waals surface area contributed by atoms with Gasteiger partial charge in [-0.05, 0) is 30.7 Å². The predicted molar refractivity (Wildman–Crippen MR) is 91.5 cm³/mol. The molecule has 6 heteroatoms. The molecule has 25 heavy (non-hydrogen) atoms. The number of aryl methyl sites for hydroxylation is 1. The van der Waals surface area contributed by atoms with E-state index in [1.54, 1.807) is 20.0 Å². The number of nitrogens with zero attached hydrogens (tertiary/aromatic N) is 3. The van der Waals surface area contributed by atoms with E-state index in [1.165, 1.54) is 17.0 Å². The van der Waals surface area contributed by atoms with Gasteiger partial charge in [-0.2, -0.15) is 4.98 Å². The van der Waals surface area contributed by atoms with Crippen LogP contribution in [0.5, 0.6) is 0 Å². The molecule has 128 valence electrons. The molecule has 0 aliphatic rings. The van der Waals surface area contributed by atoms with Gasteiger partial charge in [0.2, 0.25) is 11.7 Å². The summed E-state index contributed by atoms with van der Waals surface area (Å²) in [5.74, 6) is 0.311. The lowest BCUT2D eigenvalue weighted by atomic mass is 10.1. The van der Waals surface area contributed by atoms with Gasteiger partial charge in [-0.1, -0.05) is 35.5 Å². The van der Waals surface area contributed by atoms with E-state index >= 15 is 0 Å². The van der Waals surface area contributed by atoms with Crippen molar-refractivity contribution >= 4 is 5.91 Å². The molecule has 0 bridgehead atoms. The quantitative estimate of drug-likeness (QED) is 0.714. The zero-order valence-electron chi connectivity index (χ0n) is 14.1. The molecule has 0 atom stereocenters. The van der Waals surface area contributed by atoms with Crippen LogP contribution in [-0.4, -0.2) is 34.5 Å². The first-order valence-electron chi connectivity index (χ1n) is 7.93. The minimum Gasteiger partial charge on any atom is -0.341 e. The summed E-state index contributed by atoms with van der Waals surface area (Å²) in [7, 11) is 1.66. The number of halogens is 1. The molecule has 0 spiro atoms. The zero-order valence-corrected chi connectivity index (χ0v) is 14.1. The normalized spacial score (nSPS) is 10.7. The fourth-order valence-electron chi connectivity index (χ4n) is 2.51. The molecule has 0 aliphatic carbocycles. The molecular weight excluding hydrogens is 321 g/mol. The second-order valence-electron chi connectivity index (χ2n) is 5.87. The number of hydrogen-bond acceptors (Lipinski definition) is 4. The van der Waals surface area contributed by atoms with Gasteiger partial charge in [0.05, 0.1) is 0 Å². The fourth-order valence-corrected chi connectivity index (χ4v) is 2.51. The van der Waals surface area contributed by atoms with Gasteiger partial charge < -0.3 is 9.42 Å². The summed E-state index contributed by atoms with van der Waals surface area (Å²) in [4.78, 5) is 18.2. The van der Waals surface area contributed by atoms with Gasteiger partial charge in [0, 0.05) is 31.1 Å². The minimum absolute atomic E-state index is 0.245. The van der Waals surface area contributed by atoms with Gasteiger partial charge in [-0.15, -0.1) is 0 Å². The number of carbonyl (C=O) groups excluding carboxylic acids is 1. The Bertz CT molecular complexity index is 857. The van der Waals surface area contributed by atoms with Crippen LogP contribution in [0.4, 0.5) is 4.39 Å². The third-order valence-corrected chi connectivity index (χ3v) is 3.80. The minimum atomic E-state index is -0.416. The summed E-state index contributed by atoms with van der Waals surface area (Å²) < 4.78 is 18.7. The third kappa shape index (κ3) is 4.09. The molecule has 0 radical (unpaired) electrons. The van der Waals surface area contributed by atoms with Crippen LogP contribution in [0, 0.1) is 12.7 Å². The van der Waals surface area contributed by atoms with Gasteiger partial charge in [0.1, 0.15) is 5.82 Å². The predicted octanol–water partition coefficient (Wildman–Crippen LogP) is 3.50. The maximum absolute atomic E-state index is 13.5. The van der Waals surface area contributed by atoms with Crippen LogP contribution in [-0.2, 0) is 6.42 Å². The van der Waals surface area contributed by atoms with Crippen molar-refractivity contribution in [2.24, 2.45) is 0 Å². The smallest absolute Gasteiger partial charge is 0.253 e. The molecule has 0 fully saturated rings. The molecule has 1 amide bonds. The molecule has 0 unspecified atom stereocenters. The molecule has 3 rings (SSSR count). The van der Waals surface area contributed by atoms with Crippen LogP contribution >= 0.6 is 0 Å². The highest BCUT2D eigenvalue weighted by Crippen LogP contribution is 2.15. The Morgan fingerprint density at radius 2 is 1.96 bits per heavy atom. The van der Waals surface area contributed by atoms with Gasteiger partial charge in [0.25, 0.3) is 5.91 Å². The molecule has 3 aromatic rings. The van der Waals surface area contributed by atoms with Crippen LogP contribution in [0.2, 0.25) is 0 Å². The average molecular weight is 339 g/mol. The maximum atomic E-state index is 13.5. The second kappa shape index (κ2) is 7.25. The number of hydrogen-bond donors (Lipinski definition) is 0. The first-order chi connectivity index (χ1) is 12.0. The monoisotopic (exact) mass is 339 g/mol. The van der Waals surface area contributed by atoms with Crippen molar-refractivity contribution in [3.05, 3.63) is 71.4 Å². The average Bonchev–Trinajstić information content (AvgIpc) is 3.08. The van der Waals surface area contributed by atoms with E-state index in [-0.39, 0.29) is 5.91 Å². The zero-order chi connectivity index (χ0) is 17.8. The summed E-state index contributed by atoms with van der Waals surface area (Å²) in [6, 6.07) is 13.8. The summed E-state index contributed by atoms with van der Waals surface area (Å²) in [6.07, 6.45) is 0.427. The molecule has 1 heterocycles. The largest absolute Gasteiger partial charge is 0.341 e. The molecular formula is C19H18FN3O2. The Morgan fingerprint density at radius 1 is 1.20 bits per heavy atom. The lowest BCUT2D eigenvalue weighted by Gasteiger charge is -2.16. The highest BCUT2D eigenvalue weighted by Gasteiger charge is 2.15. The van der Waals surface area contributed by atoms with Crippen molar-refractivity contribution < 1.29 is 13.7 Å². The van der Waals surface area contributed by atoms with E-state index in [4.69, 9.17) is 4.52 Å². The summed E-state index contributed by atoms with van der Waals surface area (Å²) in [5.41, 5.74) is 1.91. The Balaban J connectivity index is 1.63. The standard InChI is InChI=1S/C19H18FN3O2/c1-13-10-15(12-16(20)11-13)19(24)23(2)9-8-17-21-18(22-25-17)14-6-4-3-5-7-14/h3-7,10-12H,8-9H2,1-2H3. The van der Waals surface area contributed by atoms with Crippen LogP contribution in [0.15, 0.2) is 53.1 Å². The number of rotatable bonds is 5. The molecule has 5 nitrogen and oxygen atoms in total. The SMILES string of the molecule is Cc1cc(F)cc(C(=O)N(C)CCc2nc(-c3ccccc3)no2)c1. The Hall–Kier alpha value is -3.02. The fraction of sp³-hybridized carbons (Fsp3) is 0.211. The van der Waals surface area contributed by atoms with Crippen molar-refractivity contribution in [2.75, 3.05) is 13.6 Å². The van der Waals surface area contributed by atoms with Crippen LogP contribution < -0.4 is 0 Å². The van der Waals surface area contributed by atoms with Gasteiger partial charge in [-0.25, -0.2) is 4.39 Å². The lowest BCUT2D eigenvalue weighted by Crippen LogP contribution is -2.29. The van der Waals surface area contributed by atoms with Crippen molar-refractivity contribution in [1.82, 2.24) is 15.0 Å².